The number of hydrogen-bond donors (Lipinski definition) is 1. The van der Waals surface area contributed by atoms with E-state index in [1.165, 1.54) is 0 Å². The lowest BCUT2D eigenvalue weighted by Crippen LogP contribution is -1.96. The molecule has 1 aromatic carbocycles. The van der Waals surface area contributed by atoms with Crippen LogP contribution in [0.25, 0.3) is 11.5 Å². The van der Waals surface area contributed by atoms with Gasteiger partial charge in [-0.3, -0.25) is 5.43 Å². The summed E-state index contributed by atoms with van der Waals surface area (Å²) < 4.78 is 5.12. The van der Waals surface area contributed by atoms with Crippen LogP contribution in [0.4, 0.5) is 5.69 Å². The van der Waals surface area contributed by atoms with Crippen molar-refractivity contribution in [3.8, 4) is 23.6 Å². The Morgan fingerprint density at radius 2 is 2.00 bits per heavy atom. The Hall–Kier alpha value is -3.19. The normalized spacial score (nSPS) is 9.35. The van der Waals surface area contributed by atoms with Gasteiger partial charge in [0.2, 0.25) is 5.71 Å². The van der Waals surface area contributed by atoms with Crippen molar-refractivity contribution in [2.24, 2.45) is 5.10 Å². The highest BCUT2D eigenvalue weighted by atomic mass is 16.5. The summed E-state index contributed by atoms with van der Waals surface area (Å²) in [6, 6.07) is 10.4. The molecule has 0 radical (unpaired) electrons. The second-order valence-electron chi connectivity index (χ2n) is 3.74. The predicted molar refractivity (Wildman–Crippen MR) is 71.4 cm³/mol. The molecule has 2 rings (SSSR count). The molecular formula is C13H10N6O. The quantitative estimate of drug-likeness (QED) is 0.670. The molecule has 0 amide bonds. The van der Waals surface area contributed by atoms with Gasteiger partial charge in [-0.2, -0.15) is 20.6 Å². The summed E-state index contributed by atoms with van der Waals surface area (Å²) in [7, 11) is 0. The van der Waals surface area contributed by atoms with E-state index in [-0.39, 0.29) is 5.71 Å². The van der Waals surface area contributed by atoms with Gasteiger partial charge in [0, 0.05) is 12.0 Å². The molecule has 0 spiro atoms. The molecule has 2 aromatic rings. The van der Waals surface area contributed by atoms with Crippen LogP contribution in [-0.4, -0.2) is 15.9 Å². The largest absolute Gasteiger partial charge is 0.334 e. The zero-order valence-electron chi connectivity index (χ0n) is 10.7. The van der Waals surface area contributed by atoms with Gasteiger partial charge in [-0.15, -0.1) is 0 Å². The molecule has 1 heterocycles. The van der Waals surface area contributed by atoms with E-state index in [9.17, 15) is 0 Å². The number of aryl methyl sites for hydroxylation is 1. The number of anilines is 1. The van der Waals surface area contributed by atoms with Gasteiger partial charge in [-0.25, -0.2) is 0 Å². The summed E-state index contributed by atoms with van der Waals surface area (Å²) >= 11 is 0. The fourth-order valence-electron chi connectivity index (χ4n) is 1.40. The topological polar surface area (TPSA) is 111 Å². The summed E-state index contributed by atoms with van der Waals surface area (Å²) in [5.74, 6) is 1.10. The lowest BCUT2D eigenvalue weighted by molar-refractivity contribution is 0.423. The number of benzene rings is 1. The summed E-state index contributed by atoms with van der Waals surface area (Å²) in [6.45, 7) is 1.95. The molecule has 1 aromatic heterocycles. The standard InChI is InChI=1S/C13H10N6O/c1-2-12-16-13(20-19-12)9-3-5-10(6-4-9)17-18-11(7-14)8-15/h3-6,17H,2H2,1H3. The number of nitriles is 2. The van der Waals surface area contributed by atoms with E-state index >= 15 is 0 Å². The molecule has 20 heavy (non-hydrogen) atoms. The highest BCUT2D eigenvalue weighted by Gasteiger charge is 2.07. The van der Waals surface area contributed by atoms with Crippen LogP contribution >= 0.6 is 0 Å². The molecule has 0 aliphatic heterocycles. The van der Waals surface area contributed by atoms with Crippen LogP contribution in [0.3, 0.4) is 0 Å². The number of hydrazone groups is 1. The van der Waals surface area contributed by atoms with Gasteiger partial charge in [0.25, 0.3) is 5.89 Å². The second-order valence-corrected chi connectivity index (χ2v) is 3.74. The Kier molecular flexibility index (Phi) is 4.05. The Morgan fingerprint density at radius 3 is 2.55 bits per heavy atom. The van der Waals surface area contributed by atoms with Crippen LogP contribution in [0, 0.1) is 22.7 Å². The fourth-order valence-corrected chi connectivity index (χ4v) is 1.40. The molecule has 1 N–H and O–H groups in total. The van der Waals surface area contributed by atoms with Gasteiger partial charge in [0.1, 0.15) is 12.1 Å². The third-order valence-electron chi connectivity index (χ3n) is 2.42. The number of hydrogen-bond acceptors (Lipinski definition) is 7. The highest BCUT2D eigenvalue weighted by Crippen LogP contribution is 2.19. The fraction of sp³-hybridized carbons (Fsp3) is 0.154. The zero-order valence-corrected chi connectivity index (χ0v) is 10.7. The van der Waals surface area contributed by atoms with Crippen molar-refractivity contribution in [3.63, 3.8) is 0 Å². The minimum Gasteiger partial charge on any atom is -0.334 e. The first-order valence-corrected chi connectivity index (χ1v) is 5.83. The summed E-state index contributed by atoms with van der Waals surface area (Å²) in [4.78, 5) is 4.22. The van der Waals surface area contributed by atoms with Crippen LogP contribution in [0.2, 0.25) is 0 Å². The monoisotopic (exact) mass is 266 g/mol. The van der Waals surface area contributed by atoms with Crippen LogP contribution in [-0.2, 0) is 6.42 Å². The Labute approximate surface area is 115 Å². The first-order chi connectivity index (χ1) is 9.76. The lowest BCUT2D eigenvalue weighted by atomic mass is 10.2. The van der Waals surface area contributed by atoms with E-state index in [1.54, 1.807) is 36.4 Å². The minimum absolute atomic E-state index is 0.237. The molecule has 0 aliphatic rings. The van der Waals surface area contributed by atoms with E-state index in [1.807, 2.05) is 6.92 Å². The number of nitrogens with one attached hydrogen (secondary N) is 1. The maximum atomic E-state index is 8.55. The predicted octanol–water partition coefficient (Wildman–Crippen LogP) is 2.11. The second kappa shape index (κ2) is 6.12. The third kappa shape index (κ3) is 2.98. The molecule has 0 atom stereocenters. The maximum absolute atomic E-state index is 8.55. The average molecular weight is 266 g/mol. The van der Waals surface area contributed by atoms with E-state index < -0.39 is 0 Å². The van der Waals surface area contributed by atoms with Crippen molar-refractivity contribution in [2.75, 3.05) is 5.43 Å². The molecule has 0 saturated carbocycles. The third-order valence-corrected chi connectivity index (χ3v) is 2.42. The Balaban J connectivity index is 2.13. The molecular weight excluding hydrogens is 256 g/mol. The van der Waals surface area contributed by atoms with E-state index in [2.05, 4.69) is 20.7 Å². The van der Waals surface area contributed by atoms with Crippen LogP contribution in [0.1, 0.15) is 12.7 Å². The molecule has 7 nitrogen and oxygen atoms in total. The number of rotatable bonds is 4. The summed E-state index contributed by atoms with van der Waals surface area (Å²) in [5, 5.41) is 24.6. The SMILES string of the molecule is CCc1noc(-c2ccc(NN=C(C#N)C#N)cc2)n1. The van der Waals surface area contributed by atoms with Gasteiger partial charge in [0.05, 0.1) is 5.69 Å². The van der Waals surface area contributed by atoms with Crippen molar-refractivity contribution >= 4 is 11.4 Å². The average Bonchev–Trinajstić information content (AvgIpc) is 2.98. The first kappa shape index (κ1) is 13.2. The van der Waals surface area contributed by atoms with Crippen molar-refractivity contribution in [1.29, 1.82) is 10.5 Å². The summed E-state index contributed by atoms with van der Waals surface area (Å²) in [6.07, 6.45) is 0.711. The summed E-state index contributed by atoms with van der Waals surface area (Å²) in [5.41, 5.74) is 3.81. The molecule has 0 saturated heterocycles. The van der Waals surface area contributed by atoms with Crippen molar-refractivity contribution in [1.82, 2.24) is 10.1 Å². The number of nitrogens with zero attached hydrogens (tertiary/aromatic N) is 5. The molecule has 0 fully saturated rings. The smallest absolute Gasteiger partial charge is 0.257 e. The van der Waals surface area contributed by atoms with Crippen molar-refractivity contribution in [3.05, 3.63) is 30.1 Å². The number of aromatic nitrogens is 2. The molecule has 7 heteroatoms. The van der Waals surface area contributed by atoms with E-state index in [0.29, 0.717) is 23.8 Å². The van der Waals surface area contributed by atoms with E-state index in [0.717, 1.165) is 5.56 Å². The van der Waals surface area contributed by atoms with Gasteiger partial charge in [-0.1, -0.05) is 12.1 Å². The Bertz CT molecular complexity index is 686. The van der Waals surface area contributed by atoms with Gasteiger partial charge < -0.3 is 4.52 Å². The first-order valence-electron chi connectivity index (χ1n) is 5.83. The molecule has 0 aliphatic carbocycles. The van der Waals surface area contributed by atoms with Crippen molar-refractivity contribution < 1.29 is 4.52 Å². The van der Waals surface area contributed by atoms with Crippen molar-refractivity contribution in [2.45, 2.75) is 13.3 Å². The van der Waals surface area contributed by atoms with Gasteiger partial charge in [0.15, 0.2) is 5.82 Å². The molecule has 0 unspecified atom stereocenters. The van der Waals surface area contributed by atoms with Crippen LogP contribution < -0.4 is 5.43 Å². The molecule has 0 bridgehead atoms. The van der Waals surface area contributed by atoms with Crippen LogP contribution in [0.15, 0.2) is 33.9 Å². The minimum atomic E-state index is -0.237. The van der Waals surface area contributed by atoms with Crippen LogP contribution in [0.5, 0.6) is 0 Å². The Morgan fingerprint density at radius 1 is 1.30 bits per heavy atom. The maximum Gasteiger partial charge on any atom is 0.257 e. The highest BCUT2D eigenvalue weighted by molar-refractivity contribution is 6.10. The molecule has 98 valence electrons. The van der Waals surface area contributed by atoms with Gasteiger partial charge in [-0.05, 0) is 24.3 Å². The van der Waals surface area contributed by atoms with Gasteiger partial charge >= 0.3 is 0 Å². The van der Waals surface area contributed by atoms with E-state index in [4.69, 9.17) is 15.0 Å². The zero-order chi connectivity index (χ0) is 14.4. The lowest BCUT2D eigenvalue weighted by Gasteiger charge is -2.00.